The molecule has 0 spiro atoms. The zero-order valence-corrected chi connectivity index (χ0v) is 11.7. The summed E-state index contributed by atoms with van der Waals surface area (Å²) in [6, 6.07) is 10.1. The van der Waals surface area contributed by atoms with E-state index in [0.29, 0.717) is 17.8 Å². The fourth-order valence-electron chi connectivity index (χ4n) is 2.12. The Morgan fingerprint density at radius 2 is 1.86 bits per heavy atom. The fourth-order valence-corrected chi connectivity index (χ4v) is 3.17. The molecular formula is C13H12BNO5S. The van der Waals surface area contributed by atoms with Gasteiger partial charge in [0, 0.05) is 5.69 Å². The molecule has 0 radical (unpaired) electrons. The average Bonchev–Trinajstić information content (AvgIpc) is 2.80. The van der Waals surface area contributed by atoms with Gasteiger partial charge in [-0.3, -0.25) is 4.72 Å². The molecule has 2 aromatic rings. The molecule has 6 nitrogen and oxygen atoms in total. The van der Waals surface area contributed by atoms with Gasteiger partial charge in [0.2, 0.25) is 0 Å². The van der Waals surface area contributed by atoms with E-state index in [2.05, 4.69) is 4.72 Å². The first-order valence-corrected chi connectivity index (χ1v) is 7.68. The molecule has 1 heterocycles. The Morgan fingerprint density at radius 1 is 1.14 bits per heavy atom. The van der Waals surface area contributed by atoms with Crippen LogP contribution in [0, 0.1) is 0 Å². The van der Waals surface area contributed by atoms with Gasteiger partial charge >= 0.3 is 7.12 Å². The highest BCUT2D eigenvalue weighted by molar-refractivity contribution is 7.92. The largest absolute Gasteiger partial charge is 0.508 e. The Labute approximate surface area is 122 Å². The Kier molecular flexibility index (Phi) is 3.36. The smallest absolute Gasteiger partial charge is 0.491 e. The lowest BCUT2D eigenvalue weighted by atomic mass is 9.79. The van der Waals surface area contributed by atoms with Crippen LogP contribution in [0.4, 0.5) is 5.69 Å². The molecule has 108 valence electrons. The van der Waals surface area contributed by atoms with Gasteiger partial charge in [-0.25, -0.2) is 8.42 Å². The highest BCUT2D eigenvalue weighted by Crippen LogP contribution is 2.20. The van der Waals surface area contributed by atoms with Crippen molar-refractivity contribution in [1.82, 2.24) is 0 Å². The summed E-state index contributed by atoms with van der Waals surface area (Å²) < 4.78 is 31.9. The van der Waals surface area contributed by atoms with Crippen molar-refractivity contribution in [2.45, 2.75) is 11.5 Å². The number of benzene rings is 2. The van der Waals surface area contributed by atoms with Gasteiger partial charge in [-0.2, -0.15) is 0 Å². The van der Waals surface area contributed by atoms with E-state index < -0.39 is 17.1 Å². The van der Waals surface area contributed by atoms with Gasteiger partial charge in [-0.15, -0.1) is 0 Å². The topological polar surface area (TPSA) is 95.9 Å². The van der Waals surface area contributed by atoms with Crippen LogP contribution in [-0.4, -0.2) is 25.7 Å². The summed E-state index contributed by atoms with van der Waals surface area (Å²) in [5.41, 5.74) is 1.72. The van der Waals surface area contributed by atoms with Crippen molar-refractivity contribution in [3.05, 3.63) is 48.0 Å². The van der Waals surface area contributed by atoms with Gasteiger partial charge in [-0.1, -0.05) is 6.07 Å². The summed E-state index contributed by atoms with van der Waals surface area (Å²) in [6.07, 6.45) is 0. The third-order valence-corrected chi connectivity index (χ3v) is 4.61. The van der Waals surface area contributed by atoms with Crippen LogP contribution in [0.1, 0.15) is 5.56 Å². The summed E-state index contributed by atoms with van der Waals surface area (Å²) in [4.78, 5) is 0.0394. The summed E-state index contributed by atoms with van der Waals surface area (Å²) in [5.74, 6) is -0.00764. The first kappa shape index (κ1) is 13.9. The third kappa shape index (κ3) is 2.73. The lowest BCUT2D eigenvalue weighted by Gasteiger charge is -2.09. The molecule has 0 saturated heterocycles. The first-order chi connectivity index (χ1) is 9.95. The number of phenols is 1. The normalized spacial score (nSPS) is 14.0. The third-order valence-electron chi connectivity index (χ3n) is 3.21. The molecule has 0 aromatic heterocycles. The molecule has 21 heavy (non-hydrogen) atoms. The summed E-state index contributed by atoms with van der Waals surface area (Å²) in [7, 11) is -4.78. The number of nitrogens with one attached hydrogen (secondary N) is 1. The van der Waals surface area contributed by atoms with E-state index in [9.17, 15) is 18.5 Å². The van der Waals surface area contributed by atoms with Gasteiger partial charge in [0.15, 0.2) is 0 Å². The van der Waals surface area contributed by atoms with Crippen LogP contribution >= 0.6 is 0 Å². The minimum absolute atomic E-state index is 0.00764. The van der Waals surface area contributed by atoms with Crippen LogP contribution in [0.3, 0.4) is 0 Å². The van der Waals surface area contributed by atoms with E-state index in [1.54, 1.807) is 18.2 Å². The van der Waals surface area contributed by atoms with E-state index in [0.717, 1.165) is 5.56 Å². The fraction of sp³-hybridized carbons (Fsp3) is 0.0769. The van der Waals surface area contributed by atoms with Gasteiger partial charge in [0.05, 0.1) is 11.5 Å². The van der Waals surface area contributed by atoms with Crippen LogP contribution < -0.4 is 10.2 Å². The van der Waals surface area contributed by atoms with Gasteiger partial charge in [0.1, 0.15) is 5.75 Å². The number of aromatic hydroxyl groups is 1. The number of hydrogen-bond acceptors (Lipinski definition) is 5. The van der Waals surface area contributed by atoms with Crippen molar-refractivity contribution in [3.63, 3.8) is 0 Å². The number of sulfonamides is 1. The minimum atomic E-state index is -3.75. The maximum atomic E-state index is 12.2. The van der Waals surface area contributed by atoms with Crippen LogP contribution in [0.2, 0.25) is 0 Å². The van der Waals surface area contributed by atoms with Crippen molar-refractivity contribution < 1.29 is 23.2 Å². The van der Waals surface area contributed by atoms with E-state index >= 15 is 0 Å². The lowest BCUT2D eigenvalue weighted by molar-refractivity contribution is 0.275. The van der Waals surface area contributed by atoms with Gasteiger partial charge in [-0.05, 0) is 47.4 Å². The molecule has 3 N–H and O–H groups in total. The summed E-state index contributed by atoms with van der Waals surface area (Å²) in [6.45, 7) is 0.307. The Hall–Kier alpha value is -2.03. The van der Waals surface area contributed by atoms with E-state index in [1.165, 1.54) is 24.3 Å². The number of fused-ring (bicyclic) bond motifs is 1. The molecular weight excluding hydrogens is 293 g/mol. The zero-order chi connectivity index (χ0) is 15.0. The molecule has 0 unspecified atom stereocenters. The average molecular weight is 305 g/mol. The second-order valence-electron chi connectivity index (χ2n) is 4.68. The molecule has 0 fully saturated rings. The predicted molar refractivity (Wildman–Crippen MR) is 77.8 cm³/mol. The van der Waals surface area contributed by atoms with Crippen molar-refractivity contribution in [2.75, 3.05) is 4.72 Å². The highest BCUT2D eigenvalue weighted by Gasteiger charge is 2.27. The molecule has 1 aliphatic rings. The number of rotatable bonds is 3. The monoisotopic (exact) mass is 305 g/mol. The van der Waals surface area contributed by atoms with E-state index in [4.69, 9.17) is 4.65 Å². The van der Waals surface area contributed by atoms with Crippen LogP contribution in [0.15, 0.2) is 47.4 Å². The highest BCUT2D eigenvalue weighted by atomic mass is 32.2. The standard InChI is InChI=1S/C13H12BNO5S/c16-11-3-5-12(6-4-11)21(18,19)15-10-2-1-9-8-20-14(17)13(9)7-10/h1-7,15-17H,8H2. The quantitative estimate of drug-likeness (QED) is 0.714. The predicted octanol–water partition coefficient (Wildman–Crippen LogP) is 0.411. The van der Waals surface area contributed by atoms with Crippen LogP contribution in [0.5, 0.6) is 5.75 Å². The first-order valence-electron chi connectivity index (χ1n) is 6.20. The maximum absolute atomic E-state index is 12.2. The summed E-state index contributed by atoms with van der Waals surface area (Å²) >= 11 is 0. The Morgan fingerprint density at radius 3 is 2.57 bits per heavy atom. The van der Waals surface area contributed by atoms with Crippen molar-refractivity contribution >= 4 is 28.3 Å². The maximum Gasteiger partial charge on any atom is 0.491 e. The Bertz CT molecular complexity index is 776. The molecule has 1 aliphatic heterocycles. The number of anilines is 1. The van der Waals surface area contributed by atoms with E-state index in [1.807, 2.05) is 0 Å². The van der Waals surface area contributed by atoms with Crippen molar-refractivity contribution in [3.8, 4) is 5.75 Å². The van der Waals surface area contributed by atoms with Crippen molar-refractivity contribution in [1.29, 1.82) is 0 Å². The molecule has 0 aliphatic carbocycles. The molecule has 2 aromatic carbocycles. The number of hydrogen-bond donors (Lipinski definition) is 3. The minimum Gasteiger partial charge on any atom is -0.508 e. The van der Waals surface area contributed by atoms with E-state index in [-0.39, 0.29) is 10.6 Å². The second kappa shape index (κ2) is 5.07. The van der Waals surface area contributed by atoms with Gasteiger partial charge < -0.3 is 14.8 Å². The molecule has 0 saturated carbocycles. The molecule has 0 bridgehead atoms. The van der Waals surface area contributed by atoms with Crippen LogP contribution in [-0.2, 0) is 21.3 Å². The van der Waals surface area contributed by atoms with Crippen LogP contribution in [0.25, 0.3) is 0 Å². The summed E-state index contributed by atoms with van der Waals surface area (Å²) in [5, 5.41) is 18.8. The zero-order valence-electron chi connectivity index (χ0n) is 10.9. The molecule has 0 amide bonds. The van der Waals surface area contributed by atoms with Crippen molar-refractivity contribution in [2.24, 2.45) is 0 Å². The SMILES string of the molecule is O=S(=O)(Nc1ccc2c(c1)B(O)OC2)c1ccc(O)cc1. The molecule has 0 atom stereocenters. The molecule has 3 rings (SSSR count). The molecule has 8 heteroatoms. The Balaban J connectivity index is 1.89. The lowest BCUT2D eigenvalue weighted by Crippen LogP contribution is -2.28. The second-order valence-corrected chi connectivity index (χ2v) is 6.36. The van der Waals surface area contributed by atoms with Gasteiger partial charge in [0.25, 0.3) is 10.0 Å². The number of phenolic OH excluding ortho intramolecular Hbond substituents is 1.